The summed E-state index contributed by atoms with van der Waals surface area (Å²) in [5.74, 6) is -0.770. The Morgan fingerprint density at radius 3 is 2.22 bits per heavy atom. The van der Waals surface area contributed by atoms with E-state index in [1.165, 1.54) is 0 Å². The molecule has 2 aromatic heterocycles. The molecule has 1 saturated heterocycles. The SMILES string of the molecule is CN1Cc2nnc(-c3ccccc3)n2C2(CCN(C(=O)c3ccnn3C)CC2)C1.O=C(O)C(F)(F)F. The molecule has 1 aromatic carbocycles. The first-order valence-electron chi connectivity index (χ1n) is 11.3. The van der Waals surface area contributed by atoms with Crippen LogP contribution in [0.2, 0.25) is 0 Å². The van der Waals surface area contributed by atoms with Crippen LogP contribution in [-0.2, 0) is 23.9 Å². The van der Waals surface area contributed by atoms with Crippen molar-refractivity contribution in [3.05, 3.63) is 54.1 Å². The molecule has 0 unspecified atom stereocenters. The molecule has 2 aliphatic rings. The summed E-state index contributed by atoms with van der Waals surface area (Å²) in [6.07, 6.45) is -1.65. The molecular weight excluding hydrogens is 479 g/mol. The number of halogens is 3. The van der Waals surface area contributed by atoms with Gasteiger partial charge in [0, 0.05) is 38.4 Å². The van der Waals surface area contributed by atoms with Gasteiger partial charge < -0.3 is 14.6 Å². The molecule has 0 aliphatic carbocycles. The van der Waals surface area contributed by atoms with E-state index in [0.717, 1.165) is 43.1 Å². The van der Waals surface area contributed by atoms with Gasteiger partial charge in [-0.05, 0) is 26.0 Å². The lowest BCUT2D eigenvalue weighted by atomic mass is 9.84. The summed E-state index contributed by atoms with van der Waals surface area (Å²) in [4.78, 5) is 26.1. The molecule has 0 radical (unpaired) electrons. The van der Waals surface area contributed by atoms with Crippen LogP contribution in [0, 0.1) is 0 Å². The lowest BCUT2D eigenvalue weighted by molar-refractivity contribution is -0.192. The van der Waals surface area contributed by atoms with E-state index in [0.29, 0.717) is 18.8 Å². The number of carboxylic acids is 1. The Kier molecular flexibility index (Phi) is 6.85. The van der Waals surface area contributed by atoms with Crippen LogP contribution in [0.15, 0.2) is 42.6 Å². The third-order valence-electron chi connectivity index (χ3n) is 6.48. The number of aliphatic carboxylic acids is 1. The zero-order valence-electron chi connectivity index (χ0n) is 19.8. The highest BCUT2D eigenvalue weighted by atomic mass is 19.4. The number of likely N-dealkylation sites (N-methyl/N-ethyl adjacent to an activating group) is 1. The summed E-state index contributed by atoms with van der Waals surface area (Å²) >= 11 is 0. The van der Waals surface area contributed by atoms with E-state index in [4.69, 9.17) is 9.90 Å². The average Bonchev–Trinajstić information content (AvgIpc) is 3.46. The van der Waals surface area contributed by atoms with Gasteiger partial charge in [-0.25, -0.2) is 4.79 Å². The Morgan fingerprint density at radius 1 is 1.03 bits per heavy atom. The van der Waals surface area contributed by atoms with Crippen LogP contribution in [-0.4, -0.2) is 84.2 Å². The molecule has 3 aromatic rings. The minimum Gasteiger partial charge on any atom is -0.475 e. The maximum absolute atomic E-state index is 12.9. The van der Waals surface area contributed by atoms with Crippen LogP contribution in [0.1, 0.15) is 29.2 Å². The van der Waals surface area contributed by atoms with E-state index in [1.807, 2.05) is 30.1 Å². The van der Waals surface area contributed by atoms with Crippen LogP contribution in [0.5, 0.6) is 0 Å². The van der Waals surface area contributed by atoms with Gasteiger partial charge in [0.2, 0.25) is 0 Å². The van der Waals surface area contributed by atoms with Crippen molar-refractivity contribution in [2.24, 2.45) is 7.05 Å². The van der Waals surface area contributed by atoms with Crippen molar-refractivity contribution in [1.29, 1.82) is 0 Å². The number of piperidine rings is 1. The van der Waals surface area contributed by atoms with Crippen LogP contribution >= 0.6 is 0 Å². The van der Waals surface area contributed by atoms with Gasteiger partial charge in [-0.2, -0.15) is 18.3 Å². The maximum atomic E-state index is 12.9. The molecule has 1 spiro atoms. The molecule has 4 heterocycles. The van der Waals surface area contributed by atoms with E-state index < -0.39 is 12.1 Å². The number of fused-ring (bicyclic) bond motifs is 2. The van der Waals surface area contributed by atoms with Crippen molar-refractivity contribution in [3.8, 4) is 11.4 Å². The van der Waals surface area contributed by atoms with Crippen molar-refractivity contribution >= 4 is 11.9 Å². The van der Waals surface area contributed by atoms with E-state index in [9.17, 15) is 18.0 Å². The first-order chi connectivity index (χ1) is 17.0. The number of carboxylic acid groups (broad SMARTS) is 1. The molecular formula is C23H26F3N7O3. The molecule has 13 heteroatoms. The minimum absolute atomic E-state index is 0.0521. The molecule has 5 rings (SSSR count). The summed E-state index contributed by atoms with van der Waals surface area (Å²) in [5.41, 5.74) is 1.63. The normalized spacial score (nSPS) is 17.3. The number of benzene rings is 1. The summed E-state index contributed by atoms with van der Waals surface area (Å²) < 4.78 is 35.7. The number of hydrogen-bond donors (Lipinski definition) is 1. The second-order valence-electron chi connectivity index (χ2n) is 8.97. The van der Waals surface area contributed by atoms with E-state index in [1.54, 1.807) is 16.9 Å². The molecule has 36 heavy (non-hydrogen) atoms. The lowest BCUT2D eigenvalue weighted by Gasteiger charge is -2.48. The summed E-state index contributed by atoms with van der Waals surface area (Å²) in [5, 5.41) is 20.3. The van der Waals surface area contributed by atoms with Crippen LogP contribution < -0.4 is 0 Å². The van der Waals surface area contributed by atoms with Gasteiger partial charge >= 0.3 is 12.1 Å². The van der Waals surface area contributed by atoms with Gasteiger partial charge in [-0.1, -0.05) is 30.3 Å². The van der Waals surface area contributed by atoms with Gasteiger partial charge in [0.05, 0.1) is 12.1 Å². The lowest BCUT2D eigenvalue weighted by Crippen LogP contribution is -2.56. The highest BCUT2D eigenvalue weighted by molar-refractivity contribution is 5.92. The number of aromatic nitrogens is 5. The van der Waals surface area contributed by atoms with E-state index in [2.05, 4.69) is 43.9 Å². The van der Waals surface area contributed by atoms with Gasteiger partial charge in [0.15, 0.2) is 5.82 Å². The Labute approximate surface area is 204 Å². The van der Waals surface area contributed by atoms with Gasteiger partial charge in [0.1, 0.15) is 11.5 Å². The predicted octanol–water partition coefficient (Wildman–Crippen LogP) is 2.39. The zero-order valence-corrected chi connectivity index (χ0v) is 19.8. The molecule has 0 bridgehead atoms. The Morgan fingerprint density at radius 2 is 1.67 bits per heavy atom. The summed E-state index contributed by atoms with van der Waals surface area (Å²) in [7, 11) is 3.94. The maximum Gasteiger partial charge on any atom is 0.490 e. The number of carbonyl (C=O) groups is 2. The van der Waals surface area contributed by atoms with Crippen LogP contribution in [0.25, 0.3) is 11.4 Å². The van der Waals surface area contributed by atoms with Gasteiger partial charge in [-0.15, -0.1) is 10.2 Å². The largest absolute Gasteiger partial charge is 0.490 e. The number of hydrogen-bond acceptors (Lipinski definition) is 6. The molecule has 10 nitrogen and oxygen atoms in total. The molecule has 1 fully saturated rings. The zero-order chi connectivity index (χ0) is 26.1. The first-order valence-corrected chi connectivity index (χ1v) is 11.3. The smallest absolute Gasteiger partial charge is 0.475 e. The Balaban J connectivity index is 0.000000384. The minimum atomic E-state index is -5.08. The van der Waals surface area contributed by atoms with Gasteiger partial charge in [-0.3, -0.25) is 14.4 Å². The molecule has 1 N–H and O–H groups in total. The van der Waals surface area contributed by atoms with Gasteiger partial charge in [0.25, 0.3) is 5.91 Å². The number of alkyl halides is 3. The van der Waals surface area contributed by atoms with Crippen molar-refractivity contribution in [3.63, 3.8) is 0 Å². The summed E-state index contributed by atoms with van der Waals surface area (Å²) in [6.45, 7) is 3.15. The number of rotatable bonds is 2. The third-order valence-corrected chi connectivity index (χ3v) is 6.48. The topological polar surface area (TPSA) is 109 Å². The monoisotopic (exact) mass is 505 g/mol. The number of amides is 1. The third kappa shape index (κ3) is 4.96. The van der Waals surface area contributed by atoms with Crippen molar-refractivity contribution < 1.29 is 27.9 Å². The Bertz CT molecular complexity index is 1230. The average molecular weight is 506 g/mol. The highest BCUT2D eigenvalue weighted by Gasteiger charge is 2.44. The van der Waals surface area contributed by atoms with Crippen LogP contribution in [0.4, 0.5) is 13.2 Å². The second-order valence-corrected chi connectivity index (χ2v) is 8.97. The predicted molar refractivity (Wildman–Crippen MR) is 122 cm³/mol. The number of likely N-dealkylation sites (tertiary alicyclic amines) is 1. The molecule has 0 atom stereocenters. The number of aryl methyl sites for hydroxylation is 1. The first kappa shape index (κ1) is 25.4. The van der Waals surface area contributed by atoms with Crippen molar-refractivity contribution in [2.75, 3.05) is 26.7 Å². The standard InChI is InChI=1S/C21H25N7O.C2HF3O2/c1-25-14-18-23-24-19(16-6-4-3-5-7-16)28(18)21(15-25)9-12-27(13-10-21)20(29)17-8-11-22-26(17)2;3-2(4,5)1(6)7/h3-8,11H,9-10,12-15H2,1-2H3;(H,6,7). The number of nitrogens with zero attached hydrogens (tertiary/aromatic N) is 7. The fourth-order valence-corrected chi connectivity index (χ4v) is 4.82. The molecule has 0 saturated carbocycles. The van der Waals surface area contributed by atoms with Crippen molar-refractivity contribution in [2.45, 2.75) is 31.1 Å². The Hall–Kier alpha value is -3.74. The van der Waals surface area contributed by atoms with E-state index in [-0.39, 0.29) is 11.4 Å². The quantitative estimate of drug-likeness (QED) is 0.570. The van der Waals surface area contributed by atoms with E-state index >= 15 is 0 Å². The van der Waals surface area contributed by atoms with Crippen LogP contribution in [0.3, 0.4) is 0 Å². The fourth-order valence-electron chi connectivity index (χ4n) is 4.82. The highest BCUT2D eigenvalue weighted by Crippen LogP contribution is 2.39. The number of carbonyl (C=O) groups excluding carboxylic acids is 1. The summed E-state index contributed by atoms with van der Waals surface area (Å²) in [6, 6.07) is 12.0. The molecule has 192 valence electrons. The fraction of sp³-hybridized carbons (Fsp3) is 0.435. The second kappa shape index (κ2) is 9.72. The molecule has 1 amide bonds. The van der Waals surface area contributed by atoms with Crippen molar-refractivity contribution in [1.82, 2.24) is 34.3 Å². The molecule has 2 aliphatic heterocycles.